The molecule has 4 nitrogen and oxygen atoms in total. The number of hydrogen-bond donors (Lipinski definition) is 0. The molecule has 0 N–H and O–H groups in total. The van der Waals surface area contributed by atoms with Crippen molar-refractivity contribution in [3.63, 3.8) is 0 Å². The van der Waals surface area contributed by atoms with Crippen molar-refractivity contribution in [2.75, 3.05) is 7.05 Å². The van der Waals surface area contributed by atoms with Crippen LogP contribution in [0.4, 0.5) is 4.39 Å². The predicted molar refractivity (Wildman–Crippen MR) is 70.4 cm³/mol. The summed E-state index contributed by atoms with van der Waals surface area (Å²) in [4.78, 5) is -0.293. The smallest absolute Gasteiger partial charge is 0.207 e. The van der Waals surface area contributed by atoms with Crippen molar-refractivity contribution in [1.29, 1.82) is 5.26 Å². The minimum absolute atomic E-state index is 0.293. The molecular formula is C13H17FN2O2S. The first-order valence-electron chi connectivity index (χ1n) is 5.86. The molecule has 19 heavy (non-hydrogen) atoms. The first-order valence-corrected chi connectivity index (χ1v) is 7.30. The molecule has 0 spiro atoms. The van der Waals surface area contributed by atoms with Crippen molar-refractivity contribution in [2.24, 2.45) is 0 Å². The molecule has 0 bridgehead atoms. The molecule has 0 unspecified atom stereocenters. The maximum absolute atomic E-state index is 13.5. The van der Waals surface area contributed by atoms with Crippen LogP contribution in [0.3, 0.4) is 0 Å². The second-order valence-electron chi connectivity index (χ2n) is 4.86. The Bertz CT molecular complexity index is 618. The topological polar surface area (TPSA) is 61.2 Å². The van der Waals surface area contributed by atoms with E-state index in [1.807, 2.05) is 6.92 Å². The molecule has 104 valence electrons. The number of nitrogens with zero attached hydrogens (tertiary/aromatic N) is 2. The van der Waals surface area contributed by atoms with E-state index in [-0.39, 0.29) is 4.90 Å². The van der Waals surface area contributed by atoms with Gasteiger partial charge in [-0.15, -0.1) is 0 Å². The van der Waals surface area contributed by atoms with Crippen molar-refractivity contribution in [2.45, 2.75) is 37.6 Å². The highest BCUT2D eigenvalue weighted by Gasteiger charge is 2.34. The monoisotopic (exact) mass is 284 g/mol. The van der Waals surface area contributed by atoms with Crippen molar-refractivity contribution in [3.05, 3.63) is 29.6 Å². The van der Waals surface area contributed by atoms with Crippen LogP contribution in [0.2, 0.25) is 0 Å². The molecule has 0 aliphatic rings. The molecule has 0 fully saturated rings. The van der Waals surface area contributed by atoms with Crippen LogP contribution in [0, 0.1) is 17.1 Å². The van der Waals surface area contributed by atoms with Crippen molar-refractivity contribution in [1.82, 2.24) is 4.31 Å². The third kappa shape index (κ3) is 2.77. The summed E-state index contributed by atoms with van der Waals surface area (Å²) in [6.45, 7) is 5.41. The van der Waals surface area contributed by atoms with Gasteiger partial charge in [0.2, 0.25) is 10.0 Å². The molecule has 6 heteroatoms. The van der Waals surface area contributed by atoms with Crippen LogP contribution in [0.1, 0.15) is 32.8 Å². The lowest BCUT2D eigenvalue weighted by Crippen LogP contribution is -2.44. The first kappa shape index (κ1) is 15.6. The lowest BCUT2D eigenvalue weighted by atomic mass is 10.0. The standard InChI is InChI=1S/C13H17FN2O2S/c1-5-13(2,3)16(4)19(17,18)12-8-6-7-11(14)10(12)9-15/h6-8H,5H2,1-4H3. The van der Waals surface area contributed by atoms with Gasteiger partial charge in [0.1, 0.15) is 22.3 Å². The Kier molecular flexibility index (Phi) is 4.33. The van der Waals surface area contributed by atoms with Gasteiger partial charge in [-0.2, -0.15) is 9.57 Å². The lowest BCUT2D eigenvalue weighted by molar-refractivity contribution is 0.257. The Balaban J connectivity index is 3.46. The van der Waals surface area contributed by atoms with Crippen molar-refractivity contribution < 1.29 is 12.8 Å². The van der Waals surface area contributed by atoms with E-state index in [2.05, 4.69) is 0 Å². The van der Waals surface area contributed by atoms with Gasteiger partial charge in [0.25, 0.3) is 0 Å². The third-order valence-electron chi connectivity index (χ3n) is 3.44. The molecule has 1 aromatic rings. The Morgan fingerprint density at radius 1 is 1.42 bits per heavy atom. The van der Waals surface area contributed by atoms with Crippen molar-refractivity contribution >= 4 is 10.0 Å². The van der Waals surface area contributed by atoms with Gasteiger partial charge in [-0.25, -0.2) is 12.8 Å². The predicted octanol–water partition coefficient (Wildman–Crippen LogP) is 2.51. The molecular weight excluding hydrogens is 267 g/mol. The molecule has 0 heterocycles. The fourth-order valence-electron chi connectivity index (χ4n) is 1.52. The SMILES string of the molecule is CCC(C)(C)N(C)S(=O)(=O)c1cccc(F)c1C#N. The maximum Gasteiger partial charge on any atom is 0.244 e. The van der Waals surface area contributed by atoms with E-state index >= 15 is 0 Å². The van der Waals surface area contributed by atoms with Gasteiger partial charge in [0, 0.05) is 12.6 Å². The average molecular weight is 284 g/mol. The Hall–Kier alpha value is -1.45. The van der Waals surface area contributed by atoms with E-state index in [1.165, 1.54) is 23.5 Å². The Labute approximate surface area is 113 Å². The summed E-state index contributed by atoms with van der Waals surface area (Å²) in [5, 5.41) is 8.93. The van der Waals surface area contributed by atoms with Gasteiger partial charge < -0.3 is 0 Å². The van der Waals surface area contributed by atoms with E-state index in [4.69, 9.17) is 5.26 Å². The van der Waals surface area contributed by atoms with E-state index < -0.39 is 26.9 Å². The van der Waals surface area contributed by atoms with Gasteiger partial charge in [0.05, 0.1) is 0 Å². The highest BCUT2D eigenvalue weighted by molar-refractivity contribution is 7.89. The van der Waals surface area contributed by atoms with Crippen LogP contribution in [-0.2, 0) is 10.0 Å². The zero-order valence-electron chi connectivity index (χ0n) is 11.4. The highest BCUT2D eigenvalue weighted by Crippen LogP contribution is 2.27. The molecule has 0 atom stereocenters. The van der Waals surface area contributed by atoms with Gasteiger partial charge in [-0.3, -0.25) is 0 Å². The fraction of sp³-hybridized carbons (Fsp3) is 0.462. The average Bonchev–Trinajstić information content (AvgIpc) is 2.37. The Morgan fingerprint density at radius 3 is 2.47 bits per heavy atom. The van der Waals surface area contributed by atoms with E-state index in [0.717, 1.165) is 6.07 Å². The highest BCUT2D eigenvalue weighted by atomic mass is 32.2. The second-order valence-corrected chi connectivity index (χ2v) is 6.80. The summed E-state index contributed by atoms with van der Waals surface area (Å²) in [5.41, 5.74) is -1.06. The molecule has 0 radical (unpaired) electrons. The first-order chi connectivity index (χ1) is 8.68. The summed E-state index contributed by atoms with van der Waals surface area (Å²) in [7, 11) is -2.47. The van der Waals surface area contributed by atoms with Gasteiger partial charge in [-0.1, -0.05) is 13.0 Å². The van der Waals surface area contributed by atoms with E-state index in [0.29, 0.717) is 6.42 Å². The second kappa shape index (κ2) is 5.27. The van der Waals surface area contributed by atoms with Gasteiger partial charge in [-0.05, 0) is 32.4 Å². The minimum atomic E-state index is -3.90. The lowest BCUT2D eigenvalue weighted by Gasteiger charge is -2.33. The molecule has 0 aliphatic carbocycles. The molecule has 0 aliphatic heterocycles. The summed E-state index contributed by atoms with van der Waals surface area (Å²) in [5.74, 6) is -0.828. The number of benzene rings is 1. The zero-order valence-corrected chi connectivity index (χ0v) is 12.3. The largest absolute Gasteiger partial charge is 0.244 e. The number of halogens is 1. The number of nitriles is 1. The Morgan fingerprint density at radius 2 is 2.00 bits per heavy atom. The third-order valence-corrected chi connectivity index (χ3v) is 5.55. The molecule has 0 aromatic heterocycles. The van der Waals surface area contributed by atoms with E-state index in [9.17, 15) is 12.8 Å². The minimum Gasteiger partial charge on any atom is -0.207 e. The van der Waals surface area contributed by atoms with Crippen LogP contribution in [0.25, 0.3) is 0 Å². The van der Waals surface area contributed by atoms with Crippen LogP contribution in [0.15, 0.2) is 23.1 Å². The van der Waals surface area contributed by atoms with Gasteiger partial charge in [0.15, 0.2) is 0 Å². The van der Waals surface area contributed by atoms with Crippen LogP contribution < -0.4 is 0 Å². The van der Waals surface area contributed by atoms with Gasteiger partial charge >= 0.3 is 0 Å². The van der Waals surface area contributed by atoms with Crippen molar-refractivity contribution in [3.8, 4) is 6.07 Å². The van der Waals surface area contributed by atoms with Crippen LogP contribution in [0.5, 0.6) is 0 Å². The molecule has 0 saturated carbocycles. The summed E-state index contributed by atoms with van der Waals surface area (Å²) < 4.78 is 39.6. The molecule has 0 saturated heterocycles. The van der Waals surface area contributed by atoms with Crippen LogP contribution in [-0.4, -0.2) is 25.3 Å². The van der Waals surface area contributed by atoms with E-state index in [1.54, 1.807) is 19.9 Å². The molecule has 1 rings (SSSR count). The number of sulfonamides is 1. The fourth-order valence-corrected chi connectivity index (χ4v) is 3.25. The maximum atomic E-state index is 13.5. The normalized spacial score (nSPS) is 12.5. The number of rotatable bonds is 4. The molecule has 1 aromatic carbocycles. The molecule has 0 amide bonds. The van der Waals surface area contributed by atoms with Crippen LogP contribution >= 0.6 is 0 Å². The number of hydrogen-bond acceptors (Lipinski definition) is 3. The summed E-state index contributed by atoms with van der Waals surface area (Å²) in [6.07, 6.45) is 0.597. The zero-order chi connectivity index (χ0) is 14.8. The quantitative estimate of drug-likeness (QED) is 0.853. The summed E-state index contributed by atoms with van der Waals surface area (Å²) >= 11 is 0. The summed E-state index contributed by atoms with van der Waals surface area (Å²) in [6, 6.07) is 5.22.